The Bertz CT molecular complexity index is 950. The molecule has 0 radical (unpaired) electrons. The minimum atomic E-state index is -0.0632. The number of nitrogens with one attached hydrogen (secondary N) is 2. The van der Waals surface area contributed by atoms with Crippen molar-refractivity contribution in [1.29, 1.82) is 0 Å². The number of nitrogens with zero attached hydrogens (tertiary/aromatic N) is 2. The lowest BCUT2D eigenvalue weighted by molar-refractivity contribution is -0.122. The molecule has 1 heterocycles. The molecule has 0 spiro atoms. The topological polar surface area (TPSA) is 76.0 Å². The van der Waals surface area contributed by atoms with Gasteiger partial charge in [-0.15, -0.1) is 0 Å². The molecule has 6 heteroatoms. The van der Waals surface area contributed by atoms with Crippen molar-refractivity contribution >= 4 is 22.8 Å². The van der Waals surface area contributed by atoms with Gasteiger partial charge in [-0.25, -0.2) is 4.98 Å². The minimum absolute atomic E-state index is 0.0391. The van der Waals surface area contributed by atoms with Crippen molar-refractivity contribution < 1.29 is 9.59 Å². The average molecular weight is 378 g/mol. The fraction of sp³-hybridized carbons (Fsp3) is 0.318. The Labute approximate surface area is 165 Å². The van der Waals surface area contributed by atoms with E-state index < -0.39 is 0 Å². The van der Waals surface area contributed by atoms with Gasteiger partial charge in [-0.1, -0.05) is 42.5 Å². The van der Waals surface area contributed by atoms with Crippen LogP contribution in [0.3, 0.4) is 0 Å². The number of benzene rings is 2. The summed E-state index contributed by atoms with van der Waals surface area (Å²) in [4.78, 5) is 28.4. The van der Waals surface area contributed by atoms with E-state index in [9.17, 15) is 9.59 Å². The van der Waals surface area contributed by atoms with Crippen LogP contribution in [0.5, 0.6) is 0 Å². The molecule has 28 heavy (non-hydrogen) atoms. The van der Waals surface area contributed by atoms with E-state index in [1.807, 2.05) is 66.1 Å². The molecule has 1 aromatic heterocycles. The van der Waals surface area contributed by atoms with Crippen molar-refractivity contribution in [2.75, 3.05) is 6.54 Å². The molecular formula is C22H26N4O2. The molecule has 3 aromatic rings. The summed E-state index contributed by atoms with van der Waals surface area (Å²) >= 11 is 0. The SMILES string of the molecule is CC(=O)NCCCc1nc2ccccc2n1CC(=O)NC(C)c1ccccc1. The second-order valence-electron chi connectivity index (χ2n) is 6.89. The van der Waals surface area contributed by atoms with Crippen LogP contribution in [0.2, 0.25) is 0 Å². The van der Waals surface area contributed by atoms with E-state index in [0.717, 1.165) is 28.8 Å². The number of imidazole rings is 1. The number of aryl methyl sites for hydroxylation is 1. The van der Waals surface area contributed by atoms with Crippen molar-refractivity contribution in [1.82, 2.24) is 20.2 Å². The van der Waals surface area contributed by atoms with Crippen LogP contribution in [0.1, 0.15) is 37.7 Å². The maximum atomic E-state index is 12.7. The van der Waals surface area contributed by atoms with Gasteiger partial charge in [-0.2, -0.15) is 0 Å². The third kappa shape index (κ3) is 4.97. The van der Waals surface area contributed by atoms with Crippen molar-refractivity contribution in [3.05, 3.63) is 66.0 Å². The molecule has 0 saturated carbocycles. The quantitative estimate of drug-likeness (QED) is 0.592. The van der Waals surface area contributed by atoms with E-state index >= 15 is 0 Å². The van der Waals surface area contributed by atoms with E-state index in [4.69, 9.17) is 0 Å². The number of fused-ring (bicyclic) bond motifs is 1. The lowest BCUT2D eigenvalue weighted by Crippen LogP contribution is -2.30. The highest BCUT2D eigenvalue weighted by atomic mass is 16.2. The van der Waals surface area contributed by atoms with Crippen LogP contribution in [0.25, 0.3) is 11.0 Å². The first kappa shape index (κ1) is 19.6. The van der Waals surface area contributed by atoms with Gasteiger partial charge >= 0.3 is 0 Å². The first-order valence-corrected chi connectivity index (χ1v) is 9.57. The van der Waals surface area contributed by atoms with Crippen LogP contribution in [0.4, 0.5) is 0 Å². The average Bonchev–Trinajstić information content (AvgIpc) is 3.03. The Kier molecular flexibility index (Phi) is 6.42. The summed E-state index contributed by atoms with van der Waals surface area (Å²) in [5, 5.41) is 5.86. The van der Waals surface area contributed by atoms with Crippen molar-refractivity contribution in [2.45, 2.75) is 39.3 Å². The zero-order valence-electron chi connectivity index (χ0n) is 16.3. The standard InChI is InChI=1S/C22H26N4O2/c1-16(18-9-4-3-5-10-18)24-22(28)15-26-20-12-7-6-11-19(20)25-21(26)13-8-14-23-17(2)27/h3-7,9-12,16H,8,13-15H2,1-2H3,(H,23,27)(H,24,28). The number of hydrogen-bond donors (Lipinski definition) is 2. The molecule has 0 fully saturated rings. The summed E-state index contributed by atoms with van der Waals surface area (Å²) < 4.78 is 1.97. The van der Waals surface area contributed by atoms with E-state index in [1.165, 1.54) is 6.92 Å². The highest BCUT2D eigenvalue weighted by Crippen LogP contribution is 2.18. The number of carbonyl (C=O) groups excluding carboxylic acids is 2. The lowest BCUT2D eigenvalue weighted by atomic mass is 10.1. The first-order chi connectivity index (χ1) is 13.5. The number of hydrogen-bond acceptors (Lipinski definition) is 3. The zero-order valence-corrected chi connectivity index (χ0v) is 16.3. The van der Waals surface area contributed by atoms with Crippen LogP contribution in [-0.4, -0.2) is 27.9 Å². The van der Waals surface area contributed by atoms with Gasteiger partial charge in [0.25, 0.3) is 0 Å². The molecule has 146 valence electrons. The molecule has 0 bridgehead atoms. The predicted molar refractivity (Wildman–Crippen MR) is 110 cm³/mol. The molecule has 0 saturated heterocycles. The van der Waals surface area contributed by atoms with Crippen LogP contribution < -0.4 is 10.6 Å². The van der Waals surface area contributed by atoms with E-state index in [2.05, 4.69) is 15.6 Å². The third-order valence-electron chi connectivity index (χ3n) is 4.66. The monoisotopic (exact) mass is 378 g/mol. The van der Waals surface area contributed by atoms with Gasteiger partial charge in [0.15, 0.2) is 0 Å². The summed E-state index contributed by atoms with van der Waals surface area (Å²) in [5.74, 6) is 0.763. The van der Waals surface area contributed by atoms with Crippen molar-refractivity contribution in [3.8, 4) is 0 Å². The summed E-state index contributed by atoms with van der Waals surface area (Å²) in [6, 6.07) is 17.7. The van der Waals surface area contributed by atoms with Crippen LogP contribution in [0.15, 0.2) is 54.6 Å². The molecule has 0 aliphatic carbocycles. The smallest absolute Gasteiger partial charge is 0.240 e. The number of amides is 2. The van der Waals surface area contributed by atoms with E-state index in [-0.39, 0.29) is 24.4 Å². The maximum absolute atomic E-state index is 12.7. The van der Waals surface area contributed by atoms with Gasteiger partial charge in [0, 0.05) is 19.9 Å². The van der Waals surface area contributed by atoms with Gasteiger partial charge in [0.1, 0.15) is 12.4 Å². The largest absolute Gasteiger partial charge is 0.356 e. The zero-order chi connectivity index (χ0) is 19.9. The van der Waals surface area contributed by atoms with Crippen LogP contribution in [0, 0.1) is 0 Å². The van der Waals surface area contributed by atoms with Gasteiger partial charge < -0.3 is 15.2 Å². The van der Waals surface area contributed by atoms with E-state index in [1.54, 1.807) is 0 Å². The number of aromatic nitrogens is 2. The van der Waals surface area contributed by atoms with E-state index in [0.29, 0.717) is 13.0 Å². The molecule has 1 atom stereocenters. The fourth-order valence-electron chi connectivity index (χ4n) is 3.26. The maximum Gasteiger partial charge on any atom is 0.240 e. The Morgan fingerprint density at radius 2 is 1.79 bits per heavy atom. The Morgan fingerprint density at radius 3 is 2.54 bits per heavy atom. The molecular weight excluding hydrogens is 352 g/mol. The van der Waals surface area contributed by atoms with Crippen molar-refractivity contribution in [2.24, 2.45) is 0 Å². The van der Waals surface area contributed by atoms with Gasteiger partial charge in [0.2, 0.25) is 11.8 Å². The summed E-state index contributed by atoms with van der Waals surface area (Å²) in [6.45, 7) is 4.30. The molecule has 0 aliphatic rings. The minimum Gasteiger partial charge on any atom is -0.356 e. The normalized spacial score (nSPS) is 11.9. The lowest BCUT2D eigenvalue weighted by Gasteiger charge is -2.16. The molecule has 6 nitrogen and oxygen atoms in total. The molecule has 2 aromatic carbocycles. The Morgan fingerprint density at radius 1 is 1.07 bits per heavy atom. The molecule has 2 N–H and O–H groups in total. The summed E-state index contributed by atoms with van der Waals surface area (Å²) in [7, 11) is 0. The predicted octanol–water partition coefficient (Wildman–Crippen LogP) is 2.98. The molecule has 2 amide bonds. The second-order valence-corrected chi connectivity index (χ2v) is 6.89. The van der Waals surface area contributed by atoms with Gasteiger partial charge in [-0.05, 0) is 31.0 Å². The fourth-order valence-corrected chi connectivity index (χ4v) is 3.26. The summed E-state index contributed by atoms with van der Waals surface area (Å²) in [5.41, 5.74) is 2.89. The number of rotatable bonds is 8. The van der Waals surface area contributed by atoms with Crippen molar-refractivity contribution in [3.63, 3.8) is 0 Å². The Balaban J connectivity index is 1.72. The highest BCUT2D eigenvalue weighted by molar-refractivity contribution is 5.81. The molecule has 1 unspecified atom stereocenters. The third-order valence-corrected chi connectivity index (χ3v) is 4.66. The Hall–Kier alpha value is -3.15. The molecule has 0 aliphatic heterocycles. The summed E-state index contributed by atoms with van der Waals surface area (Å²) in [6.07, 6.45) is 1.46. The highest BCUT2D eigenvalue weighted by Gasteiger charge is 2.15. The van der Waals surface area contributed by atoms with Gasteiger partial charge in [-0.3, -0.25) is 9.59 Å². The first-order valence-electron chi connectivity index (χ1n) is 9.57. The van der Waals surface area contributed by atoms with Gasteiger partial charge in [0.05, 0.1) is 17.1 Å². The van der Waals surface area contributed by atoms with Crippen LogP contribution >= 0.6 is 0 Å². The number of carbonyl (C=O) groups is 2. The molecule has 3 rings (SSSR count). The van der Waals surface area contributed by atoms with Crippen LogP contribution in [-0.2, 0) is 22.6 Å². The second kappa shape index (κ2) is 9.17. The number of para-hydroxylation sites is 2.